The van der Waals surface area contributed by atoms with Crippen LogP contribution in [0.2, 0.25) is 0 Å². The number of rotatable bonds is 20. The molecular formula is C23H46N10O5S. The van der Waals surface area contributed by atoms with Crippen molar-refractivity contribution in [2.45, 2.75) is 76.5 Å². The highest BCUT2D eigenvalue weighted by Gasteiger charge is 2.30. The zero-order valence-corrected chi connectivity index (χ0v) is 23.8. The van der Waals surface area contributed by atoms with E-state index in [0.717, 1.165) is 0 Å². The summed E-state index contributed by atoms with van der Waals surface area (Å²) in [5, 5.41) is 17.4. The third-order valence-corrected chi connectivity index (χ3v) is 6.59. The van der Waals surface area contributed by atoms with Crippen molar-refractivity contribution in [3.05, 3.63) is 0 Å². The van der Waals surface area contributed by atoms with E-state index in [1.54, 1.807) is 0 Å². The molecule has 224 valence electrons. The number of nitrogens with zero attached hydrogens (tertiary/aromatic N) is 2. The van der Waals surface area contributed by atoms with Gasteiger partial charge in [-0.15, -0.1) is 0 Å². The van der Waals surface area contributed by atoms with Crippen molar-refractivity contribution in [2.75, 3.05) is 25.1 Å². The summed E-state index contributed by atoms with van der Waals surface area (Å²) < 4.78 is 0. The van der Waals surface area contributed by atoms with Crippen molar-refractivity contribution in [2.24, 2.45) is 44.6 Å². The van der Waals surface area contributed by atoms with Crippen LogP contribution in [0.1, 0.15) is 52.4 Å². The van der Waals surface area contributed by atoms with Gasteiger partial charge >= 0.3 is 5.97 Å². The van der Waals surface area contributed by atoms with Gasteiger partial charge in [0.2, 0.25) is 17.7 Å². The lowest BCUT2D eigenvalue weighted by Gasteiger charge is -2.26. The van der Waals surface area contributed by atoms with Gasteiger partial charge in [-0.2, -0.15) is 11.8 Å². The molecule has 5 atom stereocenters. The van der Waals surface area contributed by atoms with E-state index < -0.39 is 47.9 Å². The maximum Gasteiger partial charge on any atom is 0.326 e. The van der Waals surface area contributed by atoms with Crippen molar-refractivity contribution in [3.63, 3.8) is 0 Å². The number of carbonyl (C=O) groups is 4. The first kappa shape index (κ1) is 35.7. The van der Waals surface area contributed by atoms with E-state index in [1.807, 2.05) is 20.1 Å². The number of carboxylic acid groups (broad SMARTS) is 1. The first-order valence-electron chi connectivity index (χ1n) is 12.8. The molecule has 0 aliphatic carbocycles. The fraction of sp³-hybridized carbons (Fsp3) is 0.739. The van der Waals surface area contributed by atoms with E-state index in [2.05, 4.69) is 25.9 Å². The normalized spacial score (nSPS) is 14.6. The van der Waals surface area contributed by atoms with Gasteiger partial charge in [0.15, 0.2) is 11.9 Å². The number of carbonyl (C=O) groups excluding carboxylic acids is 3. The molecular weight excluding hydrogens is 528 g/mol. The van der Waals surface area contributed by atoms with E-state index in [9.17, 15) is 24.3 Å². The smallest absolute Gasteiger partial charge is 0.326 e. The van der Waals surface area contributed by atoms with Crippen molar-refractivity contribution >= 4 is 47.4 Å². The molecule has 0 aromatic rings. The summed E-state index contributed by atoms with van der Waals surface area (Å²) in [5.41, 5.74) is 27.3. The molecule has 0 heterocycles. The predicted molar refractivity (Wildman–Crippen MR) is 154 cm³/mol. The average molecular weight is 575 g/mol. The fourth-order valence-corrected chi connectivity index (χ4v) is 3.83. The van der Waals surface area contributed by atoms with E-state index in [4.69, 9.17) is 28.7 Å². The number of hydrogen-bond acceptors (Lipinski definition) is 8. The van der Waals surface area contributed by atoms with Crippen molar-refractivity contribution in [1.82, 2.24) is 16.0 Å². The number of amides is 3. The number of aliphatic imine (C=N–C) groups is 2. The van der Waals surface area contributed by atoms with Gasteiger partial charge in [0.25, 0.3) is 0 Å². The Labute approximate surface area is 233 Å². The standard InChI is InChI=1S/C23H46N10O5S/c1-4-13(2)17(24)20(36)32-15(9-12-39-3)19(35)31-14(7-5-10-29-22(25)26)18(34)33-16(21(37)38)8-6-11-30-23(27)28/h13-17H,4-12,24H2,1-3H3,(H,31,35)(H,32,36)(H,33,34)(H,37,38)(H4,25,26,29)(H4,27,28,30). The van der Waals surface area contributed by atoms with Crippen molar-refractivity contribution in [1.29, 1.82) is 0 Å². The predicted octanol–water partition coefficient (Wildman–Crippen LogP) is -2.24. The van der Waals surface area contributed by atoms with Crippen LogP contribution >= 0.6 is 11.8 Å². The number of thioether (sulfide) groups is 1. The molecule has 3 amide bonds. The van der Waals surface area contributed by atoms with Crippen LogP contribution in [-0.2, 0) is 19.2 Å². The zero-order chi connectivity index (χ0) is 30.0. The largest absolute Gasteiger partial charge is 0.480 e. The second kappa shape index (κ2) is 19.7. The second-order valence-corrected chi connectivity index (χ2v) is 10.1. The molecule has 0 aliphatic heterocycles. The summed E-state index contributed by atoms with van der Waals surface area (Å²) in [6, 6.07) is -4.08. The molecule has 16 heteroatoms. The summed E-state index contributed by atoms with van der Waals surface area (Å²) in [4.78, 5) is 58.4. The Balaban J connectivity index is 5.64. The van der Waals surface area contributed by atoms with Crippen LogP contribution in [0.25, 0.3) is 0 Å². The molecule has 0 saturated heterocycles. The molecule has 0 aliphatic rings. The minimum atomic E-state index is -1.25. The summed E-state index contributed by atoms with van der Waals surface area (Å²) in [6.07, 6.45) is 3.65. The van der Waals surface area contributed by atoms with Gasteiger partial charge in [0, 0.05) is 13.1 Å². The van der Waals surface area contributed by atoms with Gasteiger partial charge in [0.1, 0.15) is 18.1 Å². The number of guanidine groups is 2. The highest BCUT2D eigenvalue weighted by molar-refractivity contribution is 7.98. The molecule has 0 aromatic heterocycles. The monoisotopic (exact) mass is 574 g/mol. The van der Waals surface area contributed by atoms with Gasteiger partial charge in [0.05, 0.1) is 6.04 Å². The molecule has 0 radical (unpaired) electrons. The van der Waals surface area contributed by atoms with E-state index in [-0.39, 0.29) is 43.8 Å². The highest BCUT2D eigenvalue weighted by atomic mass is 32.2. The number of hydrogen-bond donors (Lipinski definition) is 9. The van der Waals surface area contributed by atoms with E-state index in [1.165, 1.54) is 11.8 Å². The van der Waals surface area contributed by atoms with Gasteiger partial charge < -0.3 is 49.7 Å². The van der Waals surface area contributed by atoms with Crippen LogP contribution in [0.4, 0.5) is 0 Å². The molecule has 0 spiro atoms. The summed E-state index contributed by atoms with van der Waals surface area (Å²) >= 11 is 1.49. The third kappa shape index (κ3) is 15.7. The molecule has 0 bridgehead atoms. The Morgan fingerprint density at radius 3 is 1.67 bits per heavy atom. The van der Waals surface area contributed by atoms with Crippen LogP contribution in [0.15, 0.2) is 9.98 Å². The average Bonchev–Trinajstić information content (AvgIpc) is 2.87. The van der Waals surface area contributed by atoms with Gasteiger partial charge in [-0.25, -0.2) is 4.79 Å². The van der Waals surface area contributed by atoms with Crippen molar-refractivity contribution < 1.29 is 24.3 Å². The maximum atomic E-state index is 13.2. The lowest BCUT2D eigenvalue weighted by molar-refractivity contribution is -0.142. The minimum Gasteiger partial charge on any atom is -0.480 e. The molecule has 39 heavy (non-hydrogen) atoms. The second-order valence-electron chi connectivity index (χ2n) is 9.11. The Hall–Kier alpha value is -3.27. The summed E-state index contributed by atoms with van der Waals surface area (Å²) in [5.74, 6) is -2.78. The van der Waals surface area contributed by atoms with Crippen LogP contribution in [0.3, 0.4) is 0 Å². The molecule has 0 saturated carbocycles. The van der Waals surface area contributed by atoms with Gasteiger partial charge in [-0.3, -0.25) is 24.4 Å². The Morgan fingerprint density at radius 1 is 0.795 bits per heavy atom. The quantitative estimate of drug-likeness (QED) is 0.0425. The molecule has 15 nitrogen and oxygen atoms in total. The molecule has 14 N–H and O–H groups in total. The lowest BCUT2D eigenvalue weighted by Crippen LogP contribution is -2.57. The van der Waals surface area contributed by atoms with Crippen LogP contribution < -0.4 is 44.6 Å². The molecule has 0 aromatic carbocycles. The Kier molecular flexibility index (Phi) is 18.1. The Bertz CT molecular complexity index is 849. The SMILES string of the molecule is CCC(C)C(N)C(=O)NC(CCSC)C(=O)NC(CCCN=C(N)N)C(=O)NC(CCCN=C(N)N)C(=O)O. The first-order chi connectivity index (χ1) is 18.3. The first-order valence-corrected chi connectivity index (χ1v) is 14.2. The topological polar surface area (TPSA) is 279 Å². The molecule has 0 rings (SSSR count). The number of carboxylic acids is 1. The Morgan fingerprint density at radius 2 is 1.23 bits per heavy atom. The third-order valence-electron chi connectivity index (χ3n) is 5.94. The van der Waals surface area contributed by atoms with E-state index >= 15 is 0 Å². The van der Waals surface area contributed by atoms with Crippen molar-refractivity contribution in [3.8, 4) is 0 Å². The van der Waals surface area contributed by atoms with Crippen LogP contribution in [0, 0.1) is 5.92 Å². The van der Waals surface area contributed by atoms with Gasteiger partial charge in [-0.05, 0) is 50.0 Å². The summed E-state index contributed by atoms with van der Waals surface area (Å²) in [6.45, 7) is 4.14. The van der Waals surface area contributed by atoms with Crippen LogP contribution in [0.5, 0.6) is 0 Å². The minimum absolute atomic E-state index is 0.0619. The number of nitrogens with two attached hydrogens (primary N) is 5. The van der Waals surface area contributed by atoms with E-state index in [0.29, 0.717) is 31.4 Å². The zero-order valence-electron chi connectivity index (χ0n) is 23.0. The molecule has 0 fully saturated rings. The number of aliphatic carboxylic acids is 1. The number of nitrogens with one attached hydrogen (secondary N) is 3. The van der Waals surface area contributed by atoms with Gasteiger partial charge in [-0.1, -0.05) is 20.3 Å². The fourth-order valence-electron chi connectivity index (χ4n) is 3.36. The van der Waals surface area contributed by atoms with Crippen LogP contribution in [-0.4, -0.2) is 90.0 Å². The highest BCUT2D eigenvalue weighted by Crippen LogP contribution is 2.09. The summed E-state index contributed by atoms with van der Waals surface area (Å²) in [7, 11) is 0. The molecule has 5 unspecified atom stereocenters. The lowest BCUT2D eigenvalue weighted by atomic mass is 9.99. The maximum absolute atomic E-state index is 13.2.